The van der Waals surface area contributed by atoms with Gasteiger partial charge in [0.15, 0.2) is 0 Å². The van der Waals surface area contributed by atoms with Gasteiger partial charge in [-0.25, -0.2) is 0 Å². The predicted molar refractivity (Wildman–Crippen MR) is 45.5 cm³/mol. The number of carboxylic acid groups (broad SMARTS) is 1. The highest BCUT2D eigenvalue weighted by atomic mass is 19.4. The molecule has 1 saturated carbocycles. The quantitative estimate of drug-likeness (QED) is 0.779. The summed E-state index contributed by atoms with van der Waals surface area (Å²) in [5.41, 5.74) is -1.08. The third-order valence-corrected chi connectivity index (χ3v) is 3.32. The Morgan fingerprint density at radius 1 is 1.38 bits per heavy atom. The number of nitrogens with zero attached hydrogens (tertiary/aromatic N) is 1. The Morgan fingerprint density at radius 2 is 1.94 bits per heavy atom. The number of alkyl halides is 3. The number of halogens is 3. The Balaban J connectivity index is 2.17. The summed E-state index contributed by atoms with van der Waals surface area (Å²) in [5, 5.41) is 8.65. The molecule has 3 aliphatic rings. The molecule has 2 aliphatic heterocycles. The number of fused-ring (bicyclic) bond motifs is 1. The van der Waals surface area contributed by atoms with Crippen molar-refractivity contribution < 1.29 is 27.9 Å². The SMILES string of the molecule is O=C(O)CC12CC(CN1C(=O)C(F)(F)F)C2. The lowest BCUT2D eigenvalue weighted by molar-refractivity contribution is -0.189. The lowest BCUT2D eigenvalue weighted by atomic mass is 9.71. The first-order chi connectivity index (χ1) is 7.24. The third-order valence-electron chi connectivity index (χ3n) is 3.32. The van der Waals surface area contributed by atoms with Crippen LogP contribution in [0.15, 0.2) is 0 Å². The summed E-state index contributed by atoms with van der Waals surface area (Å²) in [6.07, 6.45) is -4.56. The highest BCUT2D eigenvalue weighted by molar-refractivity contribution is 5.84. The van der Waals surface area contributed by atoms with E-state index in [1.807, 2.05) is 0 Å². The van der Waals surface area contributed by atoms with Gasteiger partial charge in [-0.1, -0.05) is 0 Å². The van der Waals surface area contributed by atoms with E-state index < -0.39 is 30.0 Å². The van der Waals surface area contributed by atoms with E-state index in [0.717, 1.165) is 0 Å². The van der Waals surface area contributed by atoms with Gasteiger partial charge >= 0.3 is 18.1 Å². The van der Waals surface area contributed by atoms with E-state index in [1.165, 1.54) is 0 Å². The Hall–Kier alpha value is -1.27. The molecule has 2 heterocycles. The summed E-state index contributed by atoms with van der Waals surface area (Å²) in [6, 6.07) is 0. The highest BCUT2D eigenvalue weighted by Gasteiger charge is 2.62. The van der Waals surface area contributed by atoms with E-state index in [-0.39, 0.29) is 12.5 Å². The molecule has 0 unspecified atom stereocenters. The van der Waals surface area contributed by atoms with Crippen LogP contribution in [0.1, 0.15) is 19.3 Å². The van der Waals surface area contributed by atoms with E-state index >= 15 is 0 Å². The fourth-order valence-electron chi connectivity index (χ4n) is 2.79. The number of carbonyl (C=O) groups is 2. The molecule has 7 heteroatoms. The number of aliphatic carboxylic acids is 1. The average molecular weight is 237 g/mol. The molecular formula is C9H10F3NO3. The summed E-state index contributed by atoms with van der Waals surface area (Å²) in [5.74, 6) is -3.04. The first-order valence-electron chi connectivity index (χ1n) is 4.85. The lowest BCUT2D eigenvalue weighted by Gasteiger charge is -2.41. The fourth-order valence-corrected chi connectivity index (χ4v) is 2.79. The van der Waals surface area contributed by atoms with Crippen molar-refractivity contribution in [3.05, 3.63) is 0 Å². The van der Waals surface area contributed by atoms with Crippen molar-refractivity contribution >= 4 is 11.9 Å². The predicted octanol–water partition coefficient (Wildman–Crippen LogP) is 1.01. The molecule has 3 fully saturated rings. The van der Waals surface area contributed by atoms with Gasteiger partial charge in [0, 0.05) is 6.54 Å². The number of hydrogen-bond donors (Lipinski definition) is 1. The molecule has 0 atom stereocenters. The Labute approximate surface area is 89.0 Å². The number of carboxylic acids is 1. The van der Waals surface area contributed by atoms with Crippen molar-refractivity contribution in [3.8, 4) is 0 Å². The number of rotatable bonds is 2. The van der Waals surface area contributed by atoms with Gasteiger partial charge in [0.05, 0.1) is 12.0 Å². The molecule has 3 rings (SSSR count). The summed E-state index contributed by atoms with van der Waals surface area (Å²) >= 11 is 0. The van der Waals surface area contributed by atoms with Crippen molar-refractivity contribution in [2.24, 2.45) is 5.92 Å². The van der Waals surface area contributed by atoms with Crippen molar-refractivity contribution in [2.45, 2.75) is 31.0 Å². The van der Waals surface area contributed by atoms with E-state index in [9.17, 15) is 22.8 Å². The van der Waals surface area contributed by atoms with Crippen LogP contribution in [0.5, 0.6) is 0 Å². The molecule has 1 aliphatic carbocycles. The minimum Gasteiger partial charge on any atom is -0.481 e. The number of hydrogen-bond acceptors (Lipinski definition) is 2. The molecule has 90 valence electrons. The second kappa shape index (κ2) is 3.11. The highest BCUT2D eigenvalue weighted by Crippen LogP contribution is 2.53. The molecule has 0 aromatic heterocycles. The zero-order valence-corrected chi connectivity index (χ0v) is 8.25. The first kappa shape index (κ1) is 11.2. The Morgan fingerprint density at radius 3 is 2.38 bits per heavy atom. The van der Waals surface area contributed by atoms with E-state index in [2.05, 4.69) is 0 Å². The van der Waals surface area contributed by atoms with Gasteiger partial charge in [-0.2, -0.15) is 13.2 Å². The summed E-state index contributed by atoms with van der Waals surface area (Å²) in [7, 11) is 0. The molecule has 1 amide bonds. The molecule has 1 N–H and O–H groups in total. The topological polar surface area (TPSA) is 57.6 Å². The summed E-state index contributed by atoms with van der Waals surface area (Å²) in [4.78, 5) is 22.4. The van der Waals surface area contributed by atoms with Crippen LogP contribution in [0, 0.1) is 5.92 Å². The van der Waals surface area contributed by atoms with E-state index in [4.69, 9.17) is 5.11 Å². The van der Waals surface area contributed by atoms with Gasteiger partial charge in [-0.15, -0.1) is 0 Å². The molecule has 4 nitrogen and oxygen atoms in total. The normalized spacial score (nSPS) is 32.4. The molecule has 0 aromatic rings. The molecular weight excluding hydrogens is 227 g/mol. The van der Waals surface area contributed by atoms with Crippen LogP contribution in [0.2, 0.25) is 0 Å². The van der Waals surface area contributed by atoms with Gasteiger partial charge in [0.1, 0.15) is 0 Å². The third kappa shape index (κ3) is 1.54. The van der Waals surface area contributed by atoms with Crippen LogP contribution < -0.4 is 0 Å². The Kier molecular flexibility index (Phi) is 2.18. The zero-order valence-electron chi connectivity index (χ0n) is 8.25. The summed E-state index contributed by atoms with van der Waals surface area (Å²) < 4.78 is 36.8. The van der Waals surface area contributed by atoms with Gasteiger partial charge in [-0.3, -0.25) is 9.59 Å². The average Bonchev–Trinajstić information content (AvgIpc) is 2.53. The van der Waals surface area contributed by atoms with E-state index in [1.54, 1.807) is 0 Å². The van der Waals surface area contributed by atoms with Crippen LogP contribution in [-0.2, 0) is 9.59 Å². The zero-order chi connectivity index (χ0) is 12.1. The molecule has 0 aromatic carbocycles. The van der Waals surface area contributed by atoms with Crippen LogP contribution in [0.3, 0.4) is 0 Å². The minimum atomic E-state index is -4.91. The fraction of sp³-hybridized carbons (Fsp3) is 0.778. The molecule has 2 saturated heterocycles. The van der Waals surface area contributed by atoms with Crippen molar-refractivity contribution in [3.63, 3.8) is 0 Å². The lowest BCUT2D eigenvalue weighted by Crippen LogP contribution is -2.53. The van der Waals surface area contributed by atoms with E-state index in [0.29, 0.717) is 17.7 Å². The maximum atomic E-state index is 12.3. The van der Waals surface area contributed by atoms with Crippen molar-refractivity contribution in [2.75, 3.05) is 6.54 Å². The van der Waals surface area contributed by atoms with Crippen LogP contribution >= 0.6 is 0 Å². The van der Waals surface area contributed by atoms with Crippen LogP contribution in [0.4, 0.5) is 13.2 Å². The largest absolute Gasteiger partial charge is 0.481 e. The van der Waals surface area contributed by atoms with Crippen LogP contribution in [-0.4, -0.2) is 40.1 Å². The second-order valence-corrected chi connectivity index (χ2v) is 4.48. The maximum Gasteiger partial charge on any atom is 0.471 e. The molecule has 0 radical (unpaired) electrons. The summed E-state index contributed by atoms with van der Waals surface area (Å²) in [6.45, 7) is 0.0334. The standard InChI is InChI=1S/C9H10F3NO3/c10-9(11,12)7(16)13-4-5-1-8(13,2-5)3-6(14)15/h5H,1-4H2,(H,14,15). The van der Waals surface area contributed by atoms with Gasteiger partial charge in [0.2, 0.25) is 0 Å². The molecule has 0 spiro atoms. The molecule has 2 bridgehead atoms. The van der Waals surface area contributed by atoms with Crippen molar-refractivity contribution in [1.82, 2.24) is 4.90 Å². The number of carbonyl (C=O) groups excluding carboxylic acids is 1. The van der Waals surface area contributed by atoms with Crippen LogP contribution in [0.25, 0.3) is 0 Å². The monoisotopic (exact) mass is 237 g/mol. The smallest absolute Gasteiger partial charge is 0.471 e. The number of amides is 1. The van der Waals surface area contributed by atoms with Crippen molar-refractivity contribution in [1.29, 1.82) is 0 Å². The van der Waals surface area contributed by atoms with Gasteiger partial charge in [0.25, 0.3) is 0 Å². The van der Waals surface area contributed by atoms with Gasteiger partial charge < -0.3 is 10.0 Å². The maximum absolute atomic E-state index is 12.3. The Bertz CT molecular complexity index is 346. The first-order valence-corrected chi connectivity index (χ1v) is 4.85. The minimum absolute atomic E-state index is 0.0330. The van der Waals surface area contributed by atoms with Gasteiger partial charge in [-0.05, 0) is 18.8 Å². The molecule has 16 heavy (non-hydrogen) atoms. The second-order valence-electron chi connectivity index (χ2n) is 4.48.